The molecule has 4 aromatic rings. The van der Waals surface area contributed by atoms with Gasteiger partial charge >= 0.3 is 4.87 Å². The number of fused-ring (bicyclic) bond motifs is 1. The Bertz CT molecular complexity index is 1500. The average Bonchev–Trinajstić information content (AvgIpc) is 3.10. The van der Waals surface area contributed by atoms with Crippen LogP contribution in [-0.2, 0) is 10.0 Å². The van der Waals surface area contributed by atoms with Crippen molar-refractivity contribution in [2.24, 2.45) is 0 Å². The van der Waals surface area contributed by atoms with Gasteiger partial charge in [-0.25, -0.2) is 8.42 Å². The molecule has 0 bridgehead atoms. The van der Waals surface area contributed by atoms with Gasteiger partial charge in [0.05, 0.1) is 20.8 Å². The van der Waals surface area contributed by atoms with E-state index >= 15 is 0 Å². The molecule has 2 N–H and O–H groups in total. The number of amides is 1. The second-order valence-electron chi connectivity index (χ2n) is 7.87. The van der Waals surface area contributed by atoms with Gasteiger partial charge in [-0.05, 0) is 68.8 Å². The van der Waals surface area contributed by atoms with Gasteiger partial charge in [0.15, 0.2) is 0 Å². The molecule has 0 spiro atoms. The second kappa shape index (κ2) is 8.84. The maximum atomic E-state index is 13.0. The number of anilines is 2. The molecule has 9 heteroatoms. The van der Waals surface area contributed by atoms with Gasteiger partial charge in [0.25, 0.3) is 15.9 Å². The fourth-order valence-corrected chi connectivity index (χ4v) is 5.79. The zero-order valence-corrected chi connectivity index (χ0v) is 20.0. The van der Waals surface area contributed by atoms with Gasteiger partial charge in [-0.3, -0.25) is 18.9 Å². The molecule has 4 rings (SSSR count). The third-order valence-corrected chi connectivity index (χ3v) is 7.56. The van der Waals surface area contributed by atoms with Crippen molar-refractivity contribution in [1.82, 2.24) is 4.57 Å². The van der Waals surface area contributed by atoms with Crippen LogP contribution < -0.4 is 14.9 Å². The molecule has 7 nitrogen and oxygen atoms in total. The predicted molar refractivity (Wildman–Crippen MR) is 133 cm³/mol. The minimum absolute atomic E-state index is 0.0387. The van der Waals surface area contributed by atoms with Crippen LogP contribution in [0.4, 0.5) is 11.4 Å². The number of carbonyl (C=O) groups excluding carboxylic acids is 1. The van der Waals surface area contributed by atoms with E-state index in [2.05, 4.69) is 10.0 Å². The Hall–Kier alpha value is -3.43. The number of hydrogen-bond donors (Lipinski definition) is 2. The van der Waals surface area contributed by atoms with Crippen LogP contribution in [0.3, 0.4) is 0 Å². The van der Waals surface area contributed by atoms with E-state index < -0.39 is 10.0 Å². The monoisotopic (exact) mass is 481 g/mol. The van der Waals surface area contributed by atoms with Crippen LogP contribution in [0.1, 0.15) is 35.8 Å². The SMILES string of the molecule is Cc1c(NS(=O)(=O)c2ccccc2)cccc1C(=O)Nc1ccc2c(c1)sc(=O)n2C(C)C. The highest BCUT2D eigenvalue weighted by Crippen LogP contribution is 2.26. The van der Waals surface area contributed by atoms with Crippen LogP contribution in [0.2, 0.25) is 0 Å². The zero-order chi connectivity index (χ0) is 23.8. The van der Waals surface area contributed by atoms with Crippen molar-refractivity contribution in [3.05, 3.63) is 87.5 Å². The van der Waals surface area contributed by atoms with E-state index in [4.69, 9.17) is 0 Å². The fraction of sp³-hybridized carbons (Fsp3) is 0.167. The van der Waals surface area contributed by atoms with E-state index in [0.717, 1.165) is 21.6 Å². The molecule has 0 saturated heterocycles. The molecule has 1 amide bonds. The van der Waals surface area contributed by atoms with Gasteiger partial charge in [-0.15, -0.1) is 0 Å². The van der Waals surface area contributed by atoms with Crippen molar-refractivity contribution in [2.45, 2.75) is 31.7 Å². The minimum Gasteiger partial charge on any atom is -0.322 e. The lowest BCUT2D eigenvalue weighted by Gasteiger charge is -2.14. The summed E-state index contributed by atoms with van der Waals surface area (Å²) in [6, 6.07) is 18.3. The molecular formula is C24H23N3O4S2. The van der Waals surface area contributed by atoms with Crippen molar-refractivity contribution < 1.29 is 13.2 Å². The van der Waals surface area contributed by atoms with Gasteiger partial charge in [0.2, 0.25) is 0 Å². The summed E-state index contributed by atoms with van der Waals surface area (Å²) >= 11 is 1.13. The van der Waals surface area contributed by atoms with Crippen molar-refractivity contribution in [1.29, 1.82) is 0 Å². The van der Waals surface area contributed by atoms with E-state index in [-0.39, 0.29) is 21.7 Å². The van der Waals surface area contributed by atoms with Crippen LogP contribution in [0, 0.1) is 6.92 Å². The largest absolute Gasteiger partial charge is 0.322 e. The predicted octanol–water partition coefficient (Wildman–Crippen LogP) is 5.01. The molecule has 1 aromatic heterocycles. The minimum atomic E-state index is -3.78. The topological polar surface area (TPSA) is 97.3 Å². The molecule has 0 aliphatic heterocycles. The van der Waals surface area contributed by atoms with Crippen LogP contribution in [-0.4, -0.2) is 18.9 Å². The Balaban J connectivity index is 1.60. The summed E-state index contributed by atoms with van der Waals surface area (Å²) in [6.45, 7) is 5.59. The lowest BCUT2D eigenvalue weighted by molar-refractivity contribution is 0.102. The van der Waals surface area contributed by atoms with E-state index in [9.17, 15) is 18.0 Å². The quantitative estimate of drug-likeness (QED) is 0.405. The molecule has 0 aliphatic carbocycles. The molecule has 170 valence electrons. The molecule has 0 atom stereocenters. The number of aromatic nitrogens is 1. The number of thiazole rings is 1. The molecule has 0 saturated carbocycles. The lowest BCUT2D eigenvalue weighted by Crippen LogP contribution is -2.17. The van der Waals surface area contributed by atoms with Crippen molar-refractivity contribution >= 4 is 48.9 Å². The number of carbonyl (C=O) groups is 1. The highest BCUT2D eigenvalue weighted by Gasteiger charge is 2.18. The first kappa shape index (κ1) is 22.8. The third-order valence-electron chi connectivity index (χ3n) is 5.26. The van der Waals surface area contributed by atoms with Crippen molar-refractivity contribution in [3.63, 3.8) is 0 Å². The summed E-state index contributed by atoms with van der Waals surface area (Å²) in [5, 5.41) is 2.85. The fourth-order valence-electron chi connectivity index (χ4n) is 3.60. The van der Waals surface area contributed by atoms with Gasteiger partial charge < -0.3 is 5.32 Å². The van der Waals surface area contributed by atoms with Crippen LogP contribution >= 0.6 is 11.3 Å². The highest BCUT2D eigenvalue weighted by molar-refractivity contribution is 7.92. The van der Waals surface area contributed by atoms with E-state index in [1.54, 1.807) is 60.0 Å². The van der Waals surface area contributed by atoms with Gasteiger partial charge in [-0.2, -0.15) is 0 Å². The van der Waals surface area contributed by atoms with Crippen LogP contribution in [0.5, 0.6) is 0 Å². The zero-order valence-electron chi connectivity index (χ0n) is 18.3. The van der Waals surface area contributed by atoms with Crippen molar-refractivity contribution in [2.75, 3.05) is 10.0 Å². The number of sulfonamides is 1. The van der Waals surface area contributed by atoms with E-state index in [1.165, 1.54) is 12.1 Å². The summed E-state index contributed by atoms with van der Waals surface area (Å²) in [7, 11) is -3.78. The van der Waals surface area contributed by atoms with Gasteiger partial charge in [0, 0.05) is 17.3 Å². The van der Waals surface area contributed by atoms with Crippen LogP contribution in [0.15, 0.2) is 76.4 Å². The van der Waals surface area contributed by atoms with Gasteiger partial charge in [-0.1, -0.05) is 35.6 Å². The third kappa shape index (κ3) is 4.55. The van der Waals surface area contributed by atoms with E-state index in [1.807, 2.05) is 19.9 Å². The molecule has 1 heterocycles. The van der Waals surface area contributed by atoms with Gasteiger partial charge in [0.1, 0.15) is 0 Å². The first-order valence-electron chi connectivity index (χ1n) is 10.3. The molecule has 0 fully saturated rings. The molecular weight excluding hydrogens is 458 g/mol. The van der Waals surface area contributed by atoms with E-state index in [0.29, 0.717) is 22.5 Å². The number of benzene rings is 3. The van der Waals surface area contributed by atoms with Crippen LogP contribution in [0.25, 0.3) is 10.2 Å². The second-order valence-corrected chi connectivity index (χ2v) is 10.5. The number of rotatable bonds is 6. The summed E-state index contributed by atoms with van der Waals surface area (Å²) in [6.07, 6.45) is 0. The number of nitrogens with zero attached hydrogens (tertiary/aromatic N) is 1. The Morgan fingerprint density at radius 1 is 1.00 bits per heavy atom. The Kier molecular flexibility index (Phi) is 6.09. The van der Waals surface area contributed by atoms with Crippen molar-refractivity contribution in [3.8, 4) is 0 Å². The first-order valence-corrected chi connectivity index (χ1v) is 12.6. The highest BCUT2D eigenvalue weighted by atomic mass is 32.2. The maximum absolute atomic E-state index is 13.0. The summed E-state index contributed by atoms with van der Waals surface area (Å²) < 4.78 is 30.4. The molecule has 0 unspecified atom stereocenters. The smallest absolute Gasteiger partial charge is 0.308 e. The standard InChI is InChI=1S/C24H23N3O4S2/c1-15(2)27-21-13-12-17(14-22(21)32-24(27)29)25-23(28)19-10-7-11-20(16(19)3)26-33(30,31)18-8-5-4-6-9-18/h4-15,26H,1-3H3,(H,25,28). The first-order chi connectivity index (χ1) is 15.7. The summed E-state index contributed by atoms with van der Waals surface area (Å²) in [5.41, 5.74) is 2.56. The Morgan fingerprint density at radius 2 is 1.73 bits per heavy atom. The maximum Gasteiger partial charge on any atom is 0.308 e. The molecule has 33 heavy (non-hydrogen) atoms. The molecule has 0 radical (unpaired) electrons. The number of hydrogen-bond acceptors (Lipinski definition) is 5. The number of nitrogens with one attached hydrogen (secondary N) is 2. The average molecular weight is 482 g/mol. The normalized spacial score (nSPS) is 11.6. The summed E-state index contributed by atoms with van der Waals surface area (Å²) in [4.78, 5) is 25.4. The summed E-state index contributed by atoms with van der Waals surface area (Å²) in [5.74, 6) is -0.372. The molecule has 0 aliphatic rings. The molecule has 3 aromatic carbocycles. The Labute approximate surface area is 195 Å². The Morgan fingerprint density at radius 3 is 2.42 bits per heavy atom. The lowest BCUT2D eigenvalue weighted by atomic mass is 10.1.